The van der Waals surface area contributed by atoms with Gasteiger partial charge in [0.1, 0.15) is 0 Å². The van der Waals surface area contributed by atoms with Crippen LogP contribution in [0.4, 0.5) is 5.69 Å². The summed E-state index contributed by atoms with van der Waals surface area (Å²) in [6.07, 6.45) is 3.76. The molecule has 1 aliphatic carbocycles. The molecule has 2 aromatic rings. The van der Waals surface area contributed by atoms with Crippen LogP contribution in [0.2, 0.25) is 0 Å². The highest BCUT2D eigenvalue weighted by atomic mass is 127. The van der Waals surface area contributed by atoms with Crippen LogP contribution >= 0.6 is 49.9 Å². The smallest absolute Gasteiger partial charge is 0.0525 e. The number of thiophene rings is 1. The second-order valence-electron chi connectivity index (χ2n) is 4.51. The summed E-state index contributed by atoms with van der Waals surface area (Å²) < 4.78 is 2.41. The monoisotopic (exact) mass is 433 g/mol. The van der Waals surface area contributed by atoms with Gasteiger partial charge in [0.25, 0.3) is 0 Å². The second-order valence-corrected chi connectivity index (χ2v) is 7.61. The Balaban J connectivity index is 1.88. The molecule has 1 aliphatic rings. The lowest BCUT2D eigenvalue weighted by molar-refractivity contribution is 0.608. The van der Waals surface area contributed by atoms with Crippen molar-refractivity contribution >= 4 is 55.5 Å². The lowest BCUT2D eigenvalue weighted by Gasteiger charge is -2.25. The third kappa shape index (κ3) is 2.60. The van der Waals surface area contributed by atoms with Crippen LogP contribution in [-0.4, -0.2) is 0 Å². The van der Waals surface area contributed by atoms with Crippen LogP contribution in [0, 0.1) is 3.57 Å². The van der Waals surface area contributed by atoms with E-state index in [-0.39, 0.29) is 0 Å². The van der Waals surface area contributed by atoms with Crippen molar-refractivity contribution in [2.45, 2.75) is 25.3 Å². The molecule has 18 heavy (non-hydrogen) atoms. The van der Waals surface area contributed by atoms with Gasteiger partial charge in [-0.2, -0.15) is 0 Å². The van der Waals surface area contributed by atoms with Crippen LogP contribution in [0.1, 0.15) is 29.3 Å². The predicted octanol–water partition coefficient (Wildman–Crippen LogP) is 5.60. The van der Waals surface area contributed by atoms with Gasteiger partial charge in [0.15, 0.2) is 0 Å². The van der Waals surface area contributed by atoms with Crippen molar-refractivity contribution in [2.75, 3.05) is 5.32 Å². The van der Waals surface area contributed by atoms with E-state index in [2.05, 4.69) is 73.5 Å². The Labute approximate surface area is 133 Å². The number of halogens is 2. The number of rotatable bonds is 2. The van der Waals surface area contributed by atoms with Crippen LogP contribution in [0.5, 0.6) is 0 Å². The number of fused-ring (bicyclic) bond motifs is 1. The molecule has 1 heterocycles. The van der Waals surface area contributed by atoms with Crippen LogP contribution < -0.4 is 5.32 Å². The van der Waals surface area contributed by atoms with Gasteiger partial charge in [0.2, 0.25) is 0 Å². The number of aryl methyl sites for hydroxylation is 1. The van der Waals surface area contributed by atoms with Crippen molar-refractivity contribution in [2.24, 2.45) is 0 Å². The number of hydrogen-bond donors (Lipinski definition) is 1. The number of anilines is 1. The maximum atomic E-state index is 3.69. The highest BCUT2D eigenvalue weighted by molar-refractivity contribution is 14.1. The molecule has 1 nitrogen and oxygen atoms in total. The maximum absolute atomic E-state index is 3.69. The fraction of sp³-hybridized carbons (Fsp3) is 0.286. The highest BCUT2D eigenvalue weighted by Gasteiger charge is 2.21. The molecular formula is C14H13BrINS. The van der Waals surface area contributed by atoms with Gasteiger partial charge >= 0.3 is 0 Å². The number of nitrogens with one attached hydrogen (secondary N) is 1. The zero-order chi connectivity index (χ0) is 12.5. The van der Waals surface area contributed by atoms with Crippen LogP contribution in [0.25, 0.3) is 0 Å². The first-order valence-electron chi connectivity index (χ1n) is 6.02. The minimum Gasteiger partial charge on any atom is -0.377 e. The summed E-state index contributed by atoms with van der Waals surface area (Å²) in [6, 6.07) is 9.17. The van der Waals surface area contributed by atoms with Crippen LogP contribution in [-0.2, 0) is 6.42 Å². The van der Waals surface area contributed by atoms with E-state index >= 15 is 0 Å². The van der Waals surface area contributed by atoms with Crippen molar-refractivity contribution in [1.82, 2.24) is 0 Å². The normalized spacial score (nSPS) is 18.4. The third-order valence-corrected chi connectivity index (χ3v) is 5.67. The summed E-state index contributed by atoms with van der Waals surface area (Å²) in [4.78, 5) is 1.56. The number of hydrogen-bond acceptors (Lipinski definition) is 2. The van der Waals surface area contributed by atoms with Crippen molar-refractivity contribution in [1.29, 1.82) is 0 Å². The largest absolute Gasteiger partial charge is 0.377 e. The molecule has 0 radical (unpaired) electrons. The van der Waals surface area contributed by atoms with Crippen molar-refractivity contribution in [3.05, 3.63) is 48.1 Å². The van der Waals surface area contributed by atoms with E-state index in [1.165, 1.54) is 34.1 Å². The molecule has 0 spiro atoms. The Kier molecular flexibility index (Phi) is 3.96. The topological polar surface area (TPSA) is 12.0 Å². The average molecular weight is 434 g/mol. The van der Waals surface area contributed by atoms with Crippen LogP contribution in [0.15, 0.2) is 34.1 Å². The molecule has 0 fully saturated rings. The Hall–Kier alpha value is -0.0700. The van der Waals surface area contributed by atoms with Gasteiger partial charge < -0.3 is 5.32 Å². The Morgan fingerprint density at radius 2 is 2.22 bits per heavy atom. The molecule has 0 bridgehead atoms. The van der Waals surface area contributed by atoms with E-state index in [1.807, 2.05) is 11.3 Å². The Bertz CT molecular complexity index is 567. The van der Waals surface area contributed by atoms with Gasteiger partial charge in [-0.1, -0.05) is 0 Å². The lowest BCUT2D eigenvalue weighted by atomic mass is 9.94. The van der Waals surface area contributed by atoms with E-state index in [0.29, 0.717) is 6.04 Å². The minimum atomic E-state index is 0.467. The van der Waals surface area contributed by atoms with Crippen molar-refractivity contribution < 1.29 is 0 Å². The van der Waals surface area contributed by atoms with Crippen molar-refractivity contribution in [3.8, 4) is 0 Å². The Morgan fingerprint density at radius 1 is 1.33 bits per heavy atom. The van der Waals surface area contributed by atoms with E-state index < -0.39 is 0 Å². The summed E-state index contributed by atoms with van der Waals surface area (Å²) in [5, 5.41) is 5.90. The molecule has 1 atom stereocenters. The van der Waals surface area contributed by atoms with Gasteiger partial charge in [-0.25, -0.2) is 0 Å². The van der Waals surface area contributed by atoms with E-state index in [9.17, 15) is 0 Å². The quantitative estimate of drug-likeness (QED) is 0.607. The molecule has 94 valence electrons. The van der Waals surface area contributed by atoms with Gasteiger partial charge in [-0.05, 0) is 93.0 Å². The Morgan fingerprint density at radius 3 is 3.11 bits per heavy atom. The molecule has 1 aromatic heterocycles. The standard InChI is InChI=1S/C14H13BrINS/c15-11-5-4-9(16)8-13(11)17-12-2-1-3-14-10(12)6-7-18-14/h4-8,12,17H,1-3H2. The first-order valence-corrected chi connectivity index (χ1v) is 8.77. The second kappa shape index (κ2) is 5.51. The fourth-order valence-electron chi connectivity index (χ4n) is 2.43. The molecule has 3 rings (SSSR count). The zero-order valence-electron chi connectivity index (χ0n) is 9.75. The molecule has 1 aromatic carbocycles. The molecule has 4 heteroatoms. The summed E-state index contributed by atoms with van der Waals surface area (Å²) in [5.41, 5.74) is 2.70. The zero-order valence-corrected chi connectivity index (χ0v) is 14.3. The minimum absolute atomic E-state index is 0.467. The average Bonchev–Trinajstić information content (AvgIpc) is 2.83. The predicted molar refractivity (Wildman–Crippen MR) is 90.5 cm³/mol. The molecule has 0 amide bonds. The first kappa shape index (κ1) is 12.9. The van der Waals surface area contributed by atoms with E-state index in [0.717, 1.165) is 4.47 Å². The van der Waals surface area contributed by atoms with E-state index in [1.54, 1.807) is 4.88 Å². The van der Waals surface area contributed by atoms with Gasteiger partial charge in [-0.15, -0.1) is 11.3 Å². The van der Waals surface area contributed by atoms with Gasteiger partial charge in [-0.3, -0.25) is 0 Å². The van der Waals surface area contributed by atoms with Crippen LogP contribution in [0.3, 0.4) is 0 Å². The number of benzene rings is 1. The lowest BCUT2D eigenvalue weighted by Crippen LogP contribution is -2.15. The summed E-state index contributed by atoms with van der Waals surface area (Å²) >= 11 is 7.87. The maximum Gasteiger partial charge on any atom is 0.0525 e. The molecule has 0 saturated heterocycles. The van der Waals surface area contributed by atoms with E-state index in [4.69, 9.17) is 0 Å². The molecule has 0 saturated carbocycles. The van der Waals surface area contributed by atoms with Gasteiger partial charge in [0, 0.05) is 18.6 Å². The summed E-state index contributed by atoms with van der Waals surface area (Å²) in [7, 11) is 0. The SMILES string of the molecule is Brc1ccc(I)cc1NC1CCCc2sccc21. The van der Waals surface area contributed by atoms with Crippen molar-refractivity contribution in [3.63, 3.8) is 0 Å². The highest BCUT2D eigenvalue weighted by Crippen LogP contribution is 2.37. The summed E-state index contributed by atoms with van der Waals surface area (Å²) in [5.74, 6) is 0. The molecule has 1 N–H and O–H groups in total. The summed E-state index contributed by atoms with van der Waals surface area (Å²) in [6.45, 7) is 0. The molecule has 1 unspecified atom stereocenters. The molecule has 0 aliphatic heterocycles. The third-order valence-electron chi connectivity index (χ3n) is 3.31. The fourth-order valence-corrected chi connectivity index (χ4v) is 4.27. The first-order chi connectivity index (χ1) is 8.74. The van der Waals surface area contributed by atoms with Gasteiger partial charge in [0.05, 0.1) is 6.04 Å². The molecular weight excluding hydrogens is 421 g/mol.